The molecule has 0 saturated heterocycles. The van der Waals surface area contributed by atoms with Gasteiger partial charge >= 0.3 is 0 Å². The summed E-state index contributed by atoms with van der Waals surface area (Å²) in [7, 11) is 0. The van der Waals surface area contributed by atoms with Crippen LogP contribution in [-0.2, 0) is 11.3 Å². The minimum atomic E-state index is -0.599. The summed E-state index contributed by atoms with van der Waals surface area (Å²) in [6.45, 7) is 2.23. The van der Waals surface area contributed by atoms with Crippen molar-refractivity contribution in [2.24, 2.45) is 5.73 Å². The first-order valence-electron chi connectivity index (χ1n) is 10.00. The number of benzene rings is 2. The van der Waals surface area contributed by atoms with Gasteiger partial charge in [0.2, 0.25) is 5.91 Å². The molecule has 0 bridgehead atoms. The molecule has 2 amide bonds. The Kier molecular flexibility index (Phi) is 6.85. The van der Waals surface area contributed by atoms with E-state index in [1.165, 1.54) is 35.2 Å². The number of hydrogen-bond acceptors (Lipinski definition) is 6. The molecule has 2 aromatic heterocycles. The lowest BCUT2D eigenvalue weighted by molar-refractivity contribution is -0.115. The number of carbonyl (C=O) groups excluding carboxylic acids is 2. The molecule has 3 N–H and O–H groups in total. The second kappa shape index (κ2) is 9.97. The summed E-state index contributed by atoms with van der Waals surface area (Å²) >= 11 is 2.48. The molecule has 4 aromatic rings. The third-order valence-electron chi connectivity index (χ3n) is 4.82. The Morgan fingerprint density at radius 3 is 2.55 bits per heavy atom. The predicted octanol–water partition coefficient (Wildman–Crippen LogP) is 4.41. The van der Waals surface area contributed by atoms with Crippen molar-refractivity contribution in [2.45, 2.75) is 23.9 Å². The predicted molar refractivity (Wildman–Crippen MR) is 128 cm³/mol. The van der Waals surface area contributed by atoms with Crippen LogP contribution in [0.5, 0.6) is 0 Å². The number of halogens is 1. The van der Waals surface area contributed by atoms with Crippen LogP contribution in [0, 0.1) is 5.82 Å². The van der Waals surface area contributed by atoms with Crippen LogP contribution in [-0.4, -0.2) is 31.8 Å². The number of thiophene rings is 1. The van der Waals surface area contributed by atoms with E-state index < -0.39 is 11.2 Å². The third-order valence-corrected chi connectivity index (χ3v) is 6.73. The minimum Gasteiger partial charge on any atom is -0.366 e. The third kappa shape index (κ3) is 5.29. The van der Waals surface area contributed by atoms with Gasteiger partial charge in [-0.1, -0.05) is 42.1 Å². The summed E-state index contributed by atoms with van der Waals surface area (Å²) in [4.78, 5) is 24.3. The zero-order valence-electron chi connectivity index (χ0n) is 17.6. The number of nitrogens with one attached hydrogen (secondary N) is 1. The number of aromatic nitrogens is 3. The Morgan fingerprint density at radius 1 is 1.12 bits per heavy atom. The molecule has 0 aliphatic carbocycles. The molecule has 7 nitrogen and oxygen atoms in total. The maximum atomic E-state index is 13.4. The summed E-state index contributed by atoms with van der Waals surface area (Å²) in [6, 6.07) is 17.4. The Bertz CT molecular complexity index is 1270. The van der Waals surface area contributed by atoms with Crippen LogP contribution in [0.15, 0.2) is 71.2 Å². The van der Waals surface area contributed by atoms with E-state index in [1.807, 2.05) is 34.9 Å². The van der Waals surface area contributed by atoms with Gasteiger partial charge in [-0.3, -0.25) is 14.2 Å². The summed E-state index contributed by atoms with van der Waals surface area (Å²) < 4.78 is 15.3. The van der Waals surface area contributed by atoms with Crippen molar-refractivity contribution >= 4 is 39.9 Å². The van der Waals surface area contributed by atoms with Crippen molar-refractivity contribution in [3.63, 3.8) is 0 Å². The van der Waals surface area contributed by atoms with E-state index in [0.717, 1.165) is 5.56 Å². The van der Waals surface area contributed by atoms with Gasteiger partial charge in [0, 0.05) is 5.56 Å². The molecule has 4 rings (SSSR count). The first kappa shape index (κ1) is 22.7. The summed E-state index contributed by atoms with van der Waals surface area (Å²) in [5.41, 5.74) is 7.38. The van der Waals surface area contributed by atoms with E-state index in [9.17, 15) is 14.0 Å². The topological polar surface area (TPSA) is 103 Å². The molecule has 0 radical (unpaired) electrons. The number of carbonyl (C=O) groups is 2. The van der Waals surface area contributed by atoms with Crippen LogP contribution < -0.4 is 11.1 Å². The van der Waals surface area contributed by atoms with Gasteiger partial charge in [-0.2, -0.15) is 0 Å². The van der Waals surface area contributed by atoms with Gasteiger partial charge < -0.3 is 11.1 Å². The second-order valence-corrected chi connectivity index (χ2v) is 9.39. The number of amides is 2. The van der Waals surface area contributed by atoms with E-state index in [1.54, 1.807) is 30.5 Å². The van der Waals surface area contributed by atoms with Crippen molar-refractivity contribution in [2.75, 3.05) is 5.32 Å². The largest absolute Gasteiger partial charge is 0.366 e. The molecule has 10 heteroatoms. The van der Waals surface area contributed by atoms with Crippen LogP contribution in [0.1, 0.15) is 22.8 Å². The normalized spacial score (nSPS) is 11.8. The molecule has 0 aliphatic rings. The average molecular weight is 482 g/mol. The lowest BCUT2D eigenvalue weighted by Gasteiger charge is -2.14. The molecule has 0 spiro atoms. The molecular formula is C23H20FN5O2S2. The number of primary amides is 1. The average Bonchev–Trinajstić information content (AvgIpc) is 3.42. The van der Waals surface area contributed by atoms with E-state index in [2.05, 4.69) is 15.5 Å². The zero-order valence-corrected chi connectivity index (χ0v) is 19.2. The number of hydrogen-bond donors (Lipinski definition) is 2. The van der Waals surface area contributed by atoms with Crippen molar-refractivity contribution in [3.8, 4) is 11.4 Å². The van der Waals surface area contributed by atoms with Crippen LogP contribution in [0.4, 0.5) is 9.39 Å². The minimum absolute atomic E-state index is 0.274. The molecule has 33 heavy (non-hydrogen) atoms. The van der Waals surface area contributed by atoms with Crippen molar-refractivity contribution in [3.05, 3.63) is 83.0 Å². The van der Waals surface area contributed by atoms with Gasteiger partial charge in [0.25, 0.3) is 5.91 Å². The standard InChI is InChI=1S/C23H20FN5O2S2/c1-14(21(31)26-22-18(19(25)30)11-12-32-22)33-23-28-27-20(16-7-9-17(24)10-8-16)29(23)13-15-5-3-2-4-6-15/h2-12,14H,13H2,1H3,(H2,25,30)(H,26,31). The highest BCUT2D eigenvalue weighted by Crippen LogP contribution is 2.30. The first-order chi connectivity index (χ1) is 15.9. The van der Waals surface area contributed by atoms with Crippen molar-refractivity contribution in [1.29, 1.82) is 0 Å². The van der Waals surface area contributed by atoms with Crippen LogP contribution in [0.25, 0.3) is 11.4 Å². The Morgan fingerprint density at radius 2 is 1.85 bits per heavy atom. The van der Waals surface area contributed by atoms with Crippen molar-refractivity contribution in [1.82, 2.24) is 14.8 Å². The van der Waals surface area contributed by atoms with E-state index >= 15 is 0 Å². The highest BCUT2D eigenvalue weighted by molar-refractivity contribution is 8.00. The van der Waals surface area contributed by atoms with Gasteiger partial charge in [-0.25, -0.2) is 4.39 Å². The fourth-order valence-corrected chi connectivity index (χ4v) is 4.77. The second-order valence-electron chi connectivity index (χ2n) is 7.16. The Balaban J connectivity index is 1.59. The lowest BCUT2D eigenvalue weighted by Crippen LogP contribution is -2.24. The molecule has 2 heterocycles. The molecule has 1 atom stereocenters. The van der Waals surface area contributed by atoms with Crippen LogP contribution in [0.3, 0.4) is 0 Å². The SMILES string of the molecule is CC(Sc1nnc(-c2ccc(F)cc2)n1Cc1ccccc1)C(=O)Nc1sccc1C(N)=O. The maximum absolute atomic E-state index is 13.4. The fraction of sp³-hybridized carbons (Fsp3) is 0.130. The Hall–Kier alpha value is -3.50. The van der Waals surface area contributed by atoms with Gasteiger partial charge in [0.15, 0.2) is 11.0 Å². The van der Waals surface area contributed by atoms with Crippen LogP contribution in [0.2, 0.25) is 0 Å². The summed E-state index contributed by atoms with van der Waals surface area (Å²) in [5, 5.41) is 13.5. The Labute approximate surface area is 197 Å². The molecular weight excluding hydrogens is 461 g/mol. The first-order valence-corrected chi connectivity index (χ1v) is 11.8. The van der Waals surface area contributed by atoms with Gasteiger partial charge in [-0.15, -0.1) is 21.5 Å². The van der Waals surface area contributed by atoms with Gasteiger partial charge in [0.1, 0.15) is 10.8 Å². The highest BCUT2D eigenvalue weighted by atomic mass is 32.2. The lowest BCUT2D eigenvalue weighted by atomic mass is 10.2. The molecule has 0 fully saturated rings. The van der Waals surface area contributed by atoms with E-state index in [-0.39, 0.29) is 17.3 Å². The zero-order chi connectivity index (χ0) is 23.4. The molecule has 0 saturated carbocycles. The smallest absolute Gasteiger partial charge is 0.251 e. The fourth-order valence-electron chi connectivity index (χ4n) is 3.12. The quantitative estimate of drug-likeness (QED) is 0.363. The van der Waals surface area contributed by atoms with Gasteiger partial charge in [-0.05, 0) is 48.2 Å². The number of anilines is 1. The highest BCUT2D eigenvalue weighted by Gasteiger charge is 2.23. The number of rotatable bonds is 8. The summed E-state index contributed by atoms with van der Waals surface area (Å²) in [5.74, 6) is -0.652. The molecule has 0 aliphatic heterocycles. The molecule has 1 unspecified atom stereocenters. The molecule has 168 valence electrons. The van der Waals surface area contributed by atoms with Crippen LogP contribution >= 0.6 is 23.1 Å². The number of nitrogens with zero attached hydrogens (tertiary/aromatic N) is 3. The van der Waals surface area contributed by atoms with E-state index in [4.69, 9.17) is 5.73 Å². The number of nitrogens with two attached hydrogens (primary N) is 1. The maximum Gasteiger partial charge on any atom is 0.251 e. The summed E-state index contributed by atoms with van der Waals surface area (Å²) in [6.07, 6.45) is 0. The van der Waals surface area contributed by atoms with Crippen molar-refractivity contribution < 1.29 is 14.0 Å². The van der Waals surface area contributed by atoms with E-state index in [0.29, 0.717) is 28.1 Å². The van der Waals surface area contributed by atoms with Gasteiger partial charge in [0.05, 0.1) is 17.4 Å². The molecule has 2 aromatic carbocycles. The monoisotopic (exact) mass is 481 g/mol. The number of thioether (sulfide) groups is 1.